The minimum absolute atomic E-state index is 0.0903. The number of aromatic nitrogens is 2. The summed E-state index contributed by atoms with van der Waals surface area (Å²) in [5.41, 5.74) is 7.72. The average molecular weight is 176 g/mol. The van der Waals surface area contributed by atoms with Crippen LogP contribution in [0.1, 0.15) is 11.7 Å². The van der Waals surface area contributed by atoms with E-state index in [0.717, 1.165) is 11.4 Å². The smallest absolute Gasteiger partial charge is 0.110 e. The predicted octanol–water partition coefficient (Wildman–Crippen LogP) is 0.752. The van der Waals surface area contributed by atoms with Gasteiger partial charge in [-0.05, 0) is 24.4 Å². The number of nitrogens with one attached hydrogen (secondary N) is 1. The van der Waals surface area contributed by atoms with E-state index in [4.69, 9.17) is 5.73 Å². The second kappa shape index (κ2) is 2.97. The van der Waals surface area contributed by atoms with Crippen LogP contribution >= 0.6 is 0 Å². The Morgan fingerprint density at radius 1 is 1.62 bits per heavy atom. The van der Waals surface area contributed by atoms with E-state index in [2.05, 4.69) is 10.2 Å². The molecule has 0 bridgehead atoms. The molecule has 2 rings (SSSR count). The van der Waals surface area contributed by atoms with E-state index in [0.29, 0.717) is 0 Å². The lowest BCUT2D eigenvalue weighted by Crippen LogP contribution is -2.27. The summed E-state index contributed by atoms with van der Waals surface area (Å²) < 4.78 is 0. The van der Waals surface area contributed by atoms with E-state index in [9.17, 15) is 0 Å². The molecule has 68 valence electrons. The molecule has 4 heteroatoms. The maximum atomic E-state index is 5.88. The summed E-state index contributed by atoms with van der Waals surface area (Å²) in [6.45, 7) is 0. The average Bonchev–Trinajstić information content (AvgIpc) is 2.57. The van der Waals surface area contributed by atoms with E-state index in [1.165, 1.54) is 0 Å². The molecular weight excluding hydrogens is 164 g/mol. The van der Waals surface area contributed by atoms with Crippen molar-refractivity contribution in [3.8, 4) is 0 Å². The summed E-state index contributed by atoms with van der Waals surface area (Å²) in [6.07, 6.45) is 7.56. The van der Waals surface area contributed by atoms with Gasteiger partial charge in [0.15, 0.2) is 0 Å². The van der Waals surface area contributed by atoms with Gasteiger partial charge in [-0.2, -0.15) is 5.10 Å². The number of H-pyrrole nitrogens is 1. The van der Waals surface area contributed by atoms with Gasteiger partial charge in [-0.25, -0.2) is 0 Å². The molecule has 2 heterocycles. The fourth-order valence-electron chi connectivity index (χ4n) is 1.52. The summed E-state index contributed by atoms with van der Waals surface area (Å²) in [4.78, 5) is 2.04. The van der Waals surface area contributed by atoms with Crippen molar-refractivity contribution in [2.45, 2.75) is 6.04 Å². The Balaban J connectivity index is 2.33. The van der Waals surface area contributed by atoms with E-state index in [1.807, 2.05) is 36.4 Å². The first-order valence-electron chi connectivity index (χ1n) is 4.14. The quantitative estimate of drug-likeness (QED) is 0.664. The molecule has 1 aromatic heterocycles. The van der Waals surface area contributed by atoms with Crippen molar-refractivity contribution in [2.24, 2.45) is 5.73 Å². The second-order valence-corrected chi connectivity index (χ2v) is 3.09. The van der Waals surface area contributed by atoms with Crippen molar-refractivity contribution in [1.29, 1.82) is 0 Å². The Morgan fingerprint density at radius 3 is 3.08 bits per heavy atom. The van der Waals surface area contributed by atoms with Crippen LogP contribution < -0.4 is 5.73 Å². The summed E-state index contributed by atoms with van der Waals surface area (Å²) in [6, 6.07) is 2.02. The number of allylic oxidation sites excluding steroid dienone is 2. The van der Waals surface area contributed by atoms with Gasteiger partial charge in [0.1, 0.15) is 6.04 Å². The number of nitrogens with two attached hydrogens (primary N) is 1. The number of aromatic amines is 1. The third kappa shape index (κ3) is 1.30. The molecule has 1 aromatic rings. The van der Waals surface area contributed by atoms with Crippen LogP contribution in [0.3, 0.4) is 0 Å². The van der Waals surface area contributed by atoms with Crippen LogP contribution in [-0.4, -0.2) is 22.1 Å². The Morgan fingerprint density at radius 2 is 2.46 bits per heavy atom. The molecule has 0 amide bonds. The van der Waals surface area contributed by atoms with E-state index in [1.54, 1.807) is 6.20 Å². The molecule has 0 aromatic carbocycles. The number of hydrogen-bond acceptors (Lipinski definition) is 3. The lowest BCUT2D eigenvalue weighted by atomic mass is 10.1. The molecular formula is C9H12N4. The van der Waals surface area contributed by atoms with Gasteiger partial charge in [-0.1, -0.05) is 0 Å². The third-order valence-electron chi connectivity index (χ3n) is 2.15. The maximum Gasteiger partial charge on any atom is 0.110 e. The Kier molecular flexibility index (Phi) is 1.81. The molecule has 3 N–H and O–H groups in total. The molecule has 1 atom stereocenters. The minimum atomic E-state index is 0.0903. The SMILES string of the molecule is CN1C=CC=C(N)C1c1ccn[nH]1. The number of rotatable bonds is 1. The Labute approximate surface area is 76.7 Å². The number of hydrogen-bond donors (Lipinski definition) is 2. The van der Waals surface area contributed by atoms with Gasteiger partial charge in [-0.3, -0.25) is 5.10 Å². The van der Waals surface area contributed by atoms with Crippen LogP contribution in [0.15, 0.2) is 36.3 Å². The molecule has 1 aliphatic heterocycles. The van der Waals surface area contributed by atoms with Crippen molar-refractivity contribution in [3.05, 3.63) is 42.0 Å². The molecule has 0 spiro atoms. The fraction of sp³-hybridized carbons (Fsp3) is 0.222. The lowest BCUT2D eigenvalue weighted by Gasteiger charge is -2.28. The molecule has 1 unspecified atom stereocenters. The molecule has 0 saturated carbocycles. The van der Waals surface area contributed by atoms with Crippen LogP contribution in [-0.2, 0) is 0 Å². The topological polar surface area (TPSA) is 57.9 Å². The highest BCUT2D eigenvalue weighted by Gasteiger charge is 2.20. The largest absolute Gasteiger partial charge is 0.400 e. The Bertz CT molecular complexity index is 337. The fourth-order valence-corrected chi connectivity index (χ4v) is 1.52. The molecule has 13 heavy (non-hydrogen) atoms. The first-order valence-corrected chi connectivity index (χ1v) is 4.14. The van der Waals surface area contributed by atoms with Gasteiger partial charge >= 0.3 is 0 Å². The van der Waals surface area contributed by atoms with Crippen molar-refractivity contribution in [2.75, 3.05) is 7.05 Å². The van der Waals surface area contributed by atoms with Crippen LogP contribution in [0.5, 0.6) is 0 Å². The molecule has 4 nitrogen and oxygen atoms in total. The van der Waals surface area contributed by atoms with Gasteiger partial charge in [-0.15, -0.1) is 0 Å². The molecule has 0 fully saturated rings. The van der Waals surface area contributed by atoms with E-state index in [-0.39, 0.29) is 6.04 Å². The van der Waals surface area contributed by atoms with Crippen molar-refractivity contribution in [3.63, 3.8) is 0 Å². The maximum absolute atomic E-state index is 5.88. The van der Waals surface area contributed by atoms with Gasteiger partial charge in [0, 0.05) is 18.9 Å². The summed E-state index contributed by atoms with van der Waals surface area (Å²) >= 11 is 0. The lowest BCUT2D eigenvalue weighted by molar-refractivity contribution is 0.363. The second-order valence-electron chi connectivity index (χ2n) is 3.09. The van der Waals surface area contributed by atoms with E-state index < -0.39 is 0 Å². The molecule has 1 aliphatic rings. The normalized spacial score (nSPS) is 21.8. The molecule has 0 radical (unpaired) electrons. The number of likely N-dealkylation sites (N-methyl/N-ethyl adjacent to an activating group) is 1. The van der Waals surface area contributed by atoms with E-state index >= 15 is 0 Å². The third-order valence-corrected chi connectivity index (χ3v) is 2.15. The van der Waals surface area contributed by atoms with Crippen LogP contribution in [0.2, 0.25) is 0 Å². The van der Waals surface area contributed by atoms with Crippen molar-refractivity contribution < 1.29 is 0 Å². The van der Waals surface area contributed by atoms with Crippen molar-refractivity contribution >= 4 is 0 Å². The monoisotopic (exact) mass is 176 g/mol. The summed E-state index contributed by atoms with van der Waals surface area (Å²) in [7, 11) is 1.99. The van der Waals surface area contributed by atoms with Crippen LogP contribution in [0.25, 0.3) is 0 Å². The molecule has 0 aliphatic carbocycles. The highest BCUT2D eigenvalue weighted by Crippen LogP contribution is 2.25. The minimum Gasteiger partial charge on any atom is -0.400 e. The zero-order valence-corrected chi connectivity index (χ0v) is 7.44. The van der Waals surface area contributed by atoms with Gasteiger partial charge < -0.3 is 10.6 Å². The summed E-state index contributed by atoms with van der Waals surface area (Å²) in [5.74, 6) is 0. The zero-order chi connectivity index (χ0) is 9.26. The standard InChI is InChI=1S/C9H12N4/c1-13-6-2-3-7(10)9(13)8-4-5-11-12-8/h2-6,9H,10H2,1H3,(H,11,12). The zero-order valence-electron chi connectivity index (χ0n) is 7.44. The van der Waals surface area contributed by atoms with Gasteiger partial charge in [0.2, 0.25) is 0 Å². The summed E-state index contributed by atoms with van der Waals surface area (Å²) in [5, 5.41) is 6.83. The highest BCUT2D eigenvalue weighted by atomic mass is 15.2. The predicted molar refractivity (Wildman–Crippen MR) is 50.5 cm³/mol. The Hall–Kier alpha value is -1.71. The first-order chi connectivity index (χ1) is 6.29. The number of nitrogens with zero attached hydrogens (tertiary/aromatic N) is 2. The van der Waals surface area contributed by atoms with Gasteiger partial charge in [0.05, 0.1) is 5.69 Å². The molecule has 0 saturated heterocycles. The highest BCUT2D eigenvalue weighted by molar-refractivity contribution is 5.26. The first kappa shape index (κ1) is 7.91. The van der Waals surface area contributed by atoms with Crippen molar-refractivity contribution in [1.82, 2.24) is 15.1 Å². The van der Waals surface area contributed by atoms with Gasteiger partial charge in [0.25, 0.3) is 0 Å². The van der Waals surface area contributed by atoms with Crippen LogP contribution in [0, 0.1) is 0 Å². The van der Waals surface area contributed by atoms with Crippen LogP contribution in [0.4, 0.5) is 0 Å².